The summed E-state index contributed by atoms with van der Waals surface area (Å²) in [5, 5.41) is 3.47. The zero-order chi connectivity index (χ0) is 13.5. The number of hydrogen-bond donors (Lipinski definition) is 1. The molecule has 0 aromatic heterocycles. The van der Waals surface area contributed by atoms with Gasteiger partial charge in [0.15, 0.2) is 0 Å². The van der Waals surface area contributed by atoms with E-state index in [1.54, 1.807) is 13.3 Å². The predicted molar refractivity (Wildman–Crippen MR) is 75.5 cm³/mol. The molecular formula is C15H16N2O2. The molecule has 0 atom stereocenters. The van der Waals surface area contributed by atoms with Crippen molar-refractivity contribution in [3.05, 3.63) is 59.7 Å². The van der Waals surface area contributed by atoms with E-state index < -0.39 is 0 Å². The molecule has 2 rings (SSSR count). The van der Waals surface area contributed by atoms with E-state index >= 15 is 0 Å². The largest absolute Gasteiger partial charge is 0.497 e. The topological polar surface area (TPSA) is 56.8 Å². The van der Waals surface area contributed by atoms with Gasteiger partial charge in [0.25, 0.3) is 0 Å². The van der Waals surface area contributed by atoms with E-state index in [0.29, 0.717) is 6.61 Å². The Morgan fingerprint density at radius 2 is 1.89 bits per heavy atom. The lowest BCUT2D eigenvalue weighted by atomic mass is 10.2. The lowest BCUT2D eigenvalue weighted by molar-refractivity contribution is 0.305. The number of methoxy groups -OCH3 is 1. The van der Waals surface area contributed by atoms with Crippen LogP contribution in [0.4, 0.5) is 0 Å². The summed E-state index contributed by atoms with van der Waals surface area (Å²) >= 11 is 0. The van der Waals surface area contributed by atoms with Crippen molar-refractivity contribution >= 4 is 6.21 Å². The van der Waals surface area contributed by atoms with E-state index in [2.05, 4.69) is 5.10 Å². The molecule has 4 heteroatoms. The van der Waals surface area contributed by atoms with Gasteiger partial charge in [-0.2, -0.15) is 5.10 Å². The molecule has 0 bridgehead atoms. The van der Waals surface area contributed by atoms with E-state index in [0.717, 1.165) is 22.6 Å². The van der Waals surface area contributed by atoms with Gasteiger partial charge in [0.2, 0.25) is 0 Å². The highest BCUT2D eigenvalue weighted by molar-refractivity contribution is 5.79. The van der Waals surface area contributed by atoms with Crippen molar-refractivity contribution in [2.45, 2.75) is 6.61 Å². The summed E-state index contributed by atoms with van der Waals surface area (Å²) in [5.74, 6) is 6.72. The lowest BCUT2D eigenvalue weighted by Gasteiger charge is -2.07. The lowest BCUT2D eigenvalue weighted by Crippen LogP contribution is -1.96. The minimum absolute atomic E-state index is 0.502. The fourth-order valence-corrected chi connectivity index (χ4v) is 1.67. The highest BCUT2D eigenvalue weighted by Gasteiger charge is 1.98. The Morgan fingerprint density at radius 1 is 1.11 bits per heavy atom. The number of hydrazone groups is 1. The third-order valence-corrected chi connectivity index (χ3v) is 2.64. The van der Waals surface area contributed by atoms with Gasteiger partial charge in [-0.25, -0.2) is 0 Å². The first-order valence-corrected chi connectivity index (χ1v) is 5.91. The van der Waals surface area contributed by atoms with Crippen LogP contribution < -0.4 is 15.3 Å². The Balaban J connectivity index is 1.97. The van der Waals surface area contributed by atoms with Crippen molar-refractivity contribution in [1.29, 1.82) is 0 Å². The van der Waals surface area contributed by atoms with Crippen molar-refractivity contribution < 1.29 is 9.47 Å². The van der Waals surface area contributed by atoms with Crippen molar-refractivity contribution in [2.75, 3.05) is 7.11 Å². The van der Waals surface area contributed by atoms with Crippen LogP contribution in [0, 0.1) is 0 Å². The Hall–Kier alpha value is -2.49. The van der Waals surface area contributed by atoms with Gasteiger partial charge in [-0.1, -0.05) is 12.1 Å². The maximum absolute atomic E-state index is 5.69. The van der Waals surface area contributed by atoms with Crippen molar-refractivity contribution in [2.24, 2.45) is 10.9 Å². The predicted octanol–water partition coefficient (Wildman–Crippen LogP) is 2.57. The van der Waals surface area contributed by atoms with Gasteiger partial charge in [-0.3, -0.25) is 0 Å². The van der Waals surface area contributed by atoms with Gasteiger partial charge in [-0.05, 0) is 47.5 Å². The van der Waals surface area contributed by atoms with Crippen LogP contribution in [0.1, 0.15) is 11.1 Å². The first-order chi connectivity index (χ1) is 9.31. The summed E-state index contributed by atoms with van der Waals surface area (Å²) in [6, 6.07) is 15.4. The van der Waals surface area contributed by atoms with Crippen molar-refractivity contribution in [1.82, 2.24) is 0 Å². The summed E-state index contributed by atoms with van der Waals surface area (Å²) in [5.41, 5.74) is 2.00. The second kappa shape index (κ2) is 6.44. The van der Waals surface area contributed by atoms with E-state index in [1.807, 2.05) is 48.5 Å². The van der Waals surface area contributed by atoms with Crippen molar-refractivity contribution in [3.63, 3.8) is 0 Å². The molecule has 0 saturated heterocycles. The summed E-state index contributed by atoms with van der Waals surface area (Å²) < 4.78 is 10.9. The number of ether oxygens (including phenoxy) is 2. The molecule has 0 heterocycles. The second-order valence-electron chi connectivity index (χ2n) is 3.99. The molecule has 0 aliphatic rings. The van der Waals surface area contributed by atoms with E-state index in [-0.39, 0.29) is 0 Å². The maximum Gasteiger partial charge on any atom is 0.119 e. The van der Waals surface area contributed by atoms with Gasteiger partial charge >= 0.3 is 0 Å². The number of rotatable bonds is 5. The summed E-state index contributed by atoms with van der Waals surface area (Å²) in [4.78, 5) is 0. The van der Waals surface area contributed by atoms with Crippen LogP contribution in [0.5, 0.6) is 11.5 Å². The minimum Gasteiger partial charge on any atom is -0.497 e. The van der Waals surface area contributed by atoms with Gasteiger partial charge in [0, 0.05) is 0 Å². The van der Waals surface area contributed by atoms with Crippen LogP contribution in [0.3, 0.4) is 0 Å². The van der Waals surface area contributed by atoms with Crippen molar-refractivity contribution in [3.8, 4) is 11.5 Å². The Labute approximate surface area is 112 Å². The van der Waals surface area contributed by atoms with Crippen LogP contribution in [0.25, 0.3) is 0 Å². The van der Waals surface area contributed by atoms with Gasteiger partial charge in [-0.15, -0.1) is 0 Å². The van der Waals surface area contributed by atoms with Gasteiger partial charge in [0.05, 0.1) is 13.3 Å². The summed E-state index contributed by atoms with van der Waals surface area (Å²) in [7, 11) is 1.65. The molecule has 0 radical (unpaired) electrons. The average Bonchev–Trinajstić information content (AvgIpc) is 2.47. The fraction of sp³-hybridized carbons (Fsp3) is 0.133. The molecular weight excluding hydrogens is 240 g/mol. The summed E-state index contributed by atoms with van der Waals surface area (Å²) in [6.45, 7) is 0.502. The van der Waals surface area contributed by atoms with E-state index in [9.17, 15) is 0 Å². The van der Waals surface area contributed by atoms with E-state index in [4.69, 9.17) is 15.3 Å². The number of nitrogens with two attached hydrogens (primary N) is 1. The highest BCUT2D eigenvalue weighted by Crippen LogP contribution is 2.16. The quantitative estimate of drug-likeness (QED) is 0.508. The molecule has 0 aliphatic heterocycles. The zero-order valence-electron chi connectivity index (χ0n) is 10.7. The first kappa shape index (κ1) is 13.0. The van der Waals surface area contributed by atoms with E-state index in [1.165, 1.54) is 0 Å². The third kappa shape index (κ3) is 3.74. The smallest absolute Gasteiger partial charge is 0.119 e. The average molecular weight is 256 g/mol. The molecule has 2 aromatic carbocycles. The molecule has 0 spiro atoms. The molecule has 2 N–H and O–H groups in total. The van der Waals surface area contributed by atoms with Crippen LogP contribution >= 0.6 is 0 Å². The van der Waals surface area contributed by atoms with Crippen LogP contribution in [0.15, 0.2) is 53.6 Å². The monoisotopic (exact) mass is 256 g/mol. The number of hydrogen-bond acceptors (Lipinski definition) is 4. The second-order valence-corrected chi connectivity index (χ2v) is 3.99. The molecule has 0 amide bonds. The normalized spacial score (nSPS) is 10.6. The first-order valence-electron chi connectivity index (χ1n) is 5.91. The summed E-state index contributed by atoms with van der Waals surface area (Å²) in [6.07, 6.45) is 1.59. The molecule has 0 fully saturated rings. The van der Waals surface area contributed by atoms with Gasteiger partial charge < -0.3 is 15.3 Å². The highest BCUT2D eigenvalue weighted by atomic mass is 16.5. The fourth-order valence-electron chi connectivity index (χ4n) is 1.67. The van der Waals surface area contributed by atoms with Gasteiger partial charge in [0.1, 0.15) is 18.1 Å². The molecule has 2 aromatic rings. The van der Waals surface area contributed by atoms with Crippen LogP contribution in [0.2, 0.25) is 0 Å². The van der Waals surface area contributed by atoms with Crippen LogP contribution in [-0.2, 0) is 6.61 Å². The molecule has 0 saturated carbocycles. The zero-order valence-corrected chi connectivity index (χ0v) is 10.7. The standard InChI is InChI=1S/C15H16N2O2/c1-18-15-4-2-3-13(9-15)11-19-14-7-5-12(6-8-14)10-17-16/h2-10H,11,16H2,1H3. The molecule has 4 nitrogen and oxygen atoms in total. The molecule has 0 aliphatic carbocycles. The number of nitrogens with zero attached hydrogens (tertiary/aromatic N) is 1. The minimum atomic E-state index is 0.502. The molecule has 19 heavy (non-hydrogen) atoms. The Bertz CT molecular complexity index is 550. The molecule has 0 unspecified atom stereocenters. The molecule has 98 valence electrons. The number of benzene rings is 2. The Kier molecular flexibility index (Phi) is 4.39. The van der Waals surface area contributed by atoms with Crippen LogP contribution in [-0.4, -0.2) is 13.3 Å². The SMILES string of the molecule is COc1cccc(COc2ccc(C=NN)cc2)c1. The Morgan fingerprint density at radius 3 is 2.58 bits per heavy atom. The third-order valence-electron chi connectivity index (χ3n) is 2.64. The maximum atomic E-state index is 5.69.